The fraction of sp³-hybridized carbons (Fsp3) is 0.152. The fourth-order valence-electron chi connectivity index (χ4n) is 4.91. The highest BCUT2D eigenvalue weighted by molar-refractivity contribution is 7.18. The van der Waals surface area contributed by atoms with E-state index < -0.39 is 0 Å². The lowest BCUT2D eigenvalue weighted by Crippen LogP contribution is -2.16. The van der Waals surface area contributed by atoms with Gasteiger partial charge in [0, 0.05) is 22.2 Å². The Kier molecular flexibility index (Phi) is 6.71. The fourth-order valence-corrected chi connectivity index (χ4v) is 5.15. The number of nitrogens with zero attached hydrogens (tertiary/aromatic N) is 1. The summed E-state index contributed by atoms with van der Waals surface area (Å²) in [5.41, 5.74) is 7.43. The molecule has 0 aliphatic heterocycles. The van der Waals surface area contributed by atoms with Crippen molar-refractivity contribution in [2.45, 2.75) is 31.8 Å². The molecule has 0 N–H and O–H groups in total. The summed E-state index contributed by atoms with van der Waals surface area (Å²) in [6, 6.07) is 43.6. The first kappa shape index (κ1) is 23.3. The molecule has 174 valence electrons. The zero-order valence-corrected chi connectivity index (χ0v) is 21.6. The molecule has 0 heterocycles. The second-order valence-corrected chi connectivity index (χ2v) is 10.3. The molecule has 0 aliphatic rings. The van der Waals surface area contributed by atoms with Crippen LogP contribution in [-0.2, 0) is 5.16 Å². The van der Waals surface area contributed by atoms with Gasteiger partial charge in [0.05, 0.1) is 0 Å². The van der Waals surface area contributed by atoms with Crippen molar-refractivity contribution in [1.82, 2.24) is 0 Å². The maximum atomic E-state index is 3.17. The molecule has 1 unspecified atom stereocenters. The number of hydrogen-bond acceptors (Lipinski definition) is 1. The summed E-state index contributed by atoms with van der Waals surface area (Å²) in [4.78, 5) is 2.31. The van der Waals surface area contributed by atoms with Crippen molar-refractivity contribution in [3.8, 4) is 11.1 Å². The maximum Gasteiger partial charge on any atom is 0.0462 e. The van der Waals surface area contributed by atoms with Crippen LogP contribution in [0.2, 0.25) is 0 Å². The summed E-state index contributed by atoms with van der Waals surface area (Å²) < 4.78 is 0. The Bertz CT molecular complexity index is 1370. The van der Waals surface area contributed by atoms with Gasteiger partial charge >= 0.3 is 0 Å². The summed E-state index contributed by atoms with van der Waals surface area (Å²) >= 11 is 0. The highest BCUT2D eigenvalue weighted by atomic mass is 31.0. The van der Waals surface area contributed by atoms with Gasteiger partial charge in [-0.05, 0) is 88.8 Å². The molecular weight excluding hydrogens is 441 g/mol. The standard InChI is InChI=1S/C33H32NP/c1-3-33(35,4-2)32-24-27-14-12-11-13-26(27)23-31(32)25-19-21-30(22-20-25)34(28-15-7-5-8-16-28)29-17-9-6-10-18-29/h5-24H,3-4,35H2,1-2H3. The smallest absolute Gasteiger partial charge is 0.0462 e. The average molecular weight is 474 g/mol. The Morgan fingerprint density at radius 3 is 1.54 bits per heavy atom. The van der Waals surface area contributed by atoms with Crippen molar-refractivity contribution in [1.29, 1.82) is 0 Å². The molecular formula is C33H32NP. The first-order chi connectivity index (χ1) is 17.1. The van der Waals surface area contributed by atoms with Gasteiger partial charge in [-0.1, -0.05) is 86.6 Å². The van der Waals surface area contributed by atoms with Crippen molar-refractivity contribution in [3.05, 3.63) is 127 Å². The average Bonchev–Trinajstić information content (AvgIpc) is 2.93. The Morgan fingerprint density at radius 2 is 1.03 bits per heavy atom. The van der Waals surface area contributed by atoms with Crippen molar-refractivity contribution in [3.63, 3.8) is 0 Å². The maximum absolute atomic E-state index is 3.17. The number of hydrogen-bond donors (Lipinski definition) is 0. The Balaban J connectivity index is 1.63. The van der Waals surface area contributed by atoms with Crippen molar-refractivity contribution in [2.24, 2.45) is 0 Å². The van der Waals surface area contributed by atoms with E-state index in [1.165, 1.54) is 27.5 Å². The molecule has 0 saturated carbocycles. The van der Waals surface area contributed by atoms with Crippen LogP contribution in [0.4, 0.5) is 17.1 Å². The quantitative estimate of drug-likeness (QED) is 0.213. The minimum atomic E-state index is 0.0537. The third-order valence-electron chi connectivity index (χ3n) is 7.15. The molecule has 0 radical (unpaired) electrons. The van der Waals surface area contributed by atoms with E-state index >= 15 is 0 Å². The summed E-state index contributed by atoms with van der Waals surface area (Å²) in [5.74, 6) is 0. The zero-order valence-electron chi connectivity index (χ0n) is 20.5. The topological polar surface area (TPSA) is 3.24 Å². The second-order valence-electron chi connectivity index (χ2n) is 9.16. The lowest BCUT2D eigenvalue weighted by Gasteiger charge is -2.30. The van der Waals surface area contributed by atoms with Crippen molar-refractivity contribution >= 4 is 37.1 Å². The van der Waals surface area contributed by atoms with Gasteiger partial charge in [0.1, 0.15) is 0 Å². The number of anilines is 3. The molecule has 0 aromatic heterocycles. The van der Waals surface area contributed by atoms with E-state index in [0.717, 1.165) is 29.9 Å². The summed E-state index contributed by atoms with van der Waals surface area (Å²) in [7, 11) is 3.17. The number of benzene rings is 5. The Hall–Kier alpha value is -3.41. The van der Waals surface area contributed by atoms with E-state index in [1.54, 1.807) is 0 Å². The molecule has 1 nitrogen and oxygen atoms in total. The first-order valence-corrected chi connectivity index (χ1v) is 13.0. The predicted octanol–water partition coefficient (Wildman–Crippen LogP) is 9.87. The number of rotatable bonds is 7. The molecule has 0 spiro atoms. The summed E-state index contributed by atoms with van der Waals surface area (Å²) in [6.07, 6.45) is 2.15. The molecule has 5 aromatic carbocycles. The van der Waals surface area contributed by atoms with Gasteiger partial charge in [-0.3, -0.25) is 0 Å². The second kappa shape index (κ2) is 10.1. The molecule has 0 amide bonds. The van der Waals surface area contributed by atoms with Crippen LogP contribution < -0.4 is 4.90 Å². The SMILES string of the molecule is CCC(P)(CC)c1cc2ccccc2cc1-c1ccc(N(c2ccccc2)c2ccccc2)cc1. The third kappa shape index (κ3) is 4.62. The van der Waals surface area contributed by atoms with Crippen LogP contribution in [0, 0.1) is 0 Å². The van der Waals surface area contributed by atoms with Gasteiger partial charge in [0.25, 0.3) is 0 Å². The summed E-state index contributed by atoms with van der Waals surface area (Å²) in [5, 5.41) is 2.64. The lowest BCUT2D eigenvalue weighted by atomic mass is 9.84. The first-order valence-electron chi connectivity index (χ1n) is 12.5. The Labute approximate surface area is 211 Å². The van der Waals surface area contributed by atoms with Gasteiger partial charge < -0.3 is 4.90 Å². The van der Waals surface area contributed by atoms with Crippen LogP contribution in [0.3, 0.4) is 0 Å². The highest BCUT2D eigenvalue weighted by Gasteiger charge is 2.26. The monoisotopic (exact) mass is 473 g/mol. The molecule has 5 aromatic rings. The highest BCUT2D eigenvalue weighted by Crippen LogP contribution is 2.45. The van der Waals surface area contributed by atoms with Crippen LogP contribution >= 0.6 is 9.24 Å². The van der Waals surface area contributed by atoms with Crippen LogP contribution in [0.5, 0.6) is 0 Å². The van der Waals surface area contributed by atoms with E-state index in [9.17, 15) is 0 Å². The normalized spacial score (nSPS) is 11.5. The molecule has 2 heteroatoms. The van der Waals surface area contributed by atoms with Crippen LogP contribution in [0.15, 0.2) is 121 Å². The van der Waals surface area contributed by atoms with Crippen LogP contribution in [-0.4, -0.2) is 0 Å². The number of fused-ring (bicyclic) bond motifs is 1. The molecule has 1 atom stereocenters. The minimum Gasteiger partial charge on any atom is -0.311 e. The van der Waals surface area contributed by atoms with Gasteiger partial charge in [-0.2, -0.15) is 0 Å². The minimum absolute atomic E-state index is 0.0537. The van der Waals surface area contributed by atoms with Gasteiger partial charge in [0.2, 0.25) is 0 Å². The van der Waals surface area contributed by atoms with Crippen molar-refractivity contribution < 1.29 is 0 Å². The van der Waals surface area contributed by atoms with Gasteiger partial charge in [-0.15, -0.1) is 9.24 Å². The number of para-hydroxylation sites is 2. The van der Waals surface area contributed by atoms with E-state index in [-0.39, 0.29) is 5.16 Å². The molecule has 0 bridgehead atoms. The molecule has 0 fully saturated rings. The molecule has 0 saturated heterocycles. The molecule has 0 aliphatic carbocycles. The van der Waals surface area contributed by atoms with Gasteiger partial charge in [-0.25, -0.2) is 0 Å². The molecule has 35 heavy (non-hydrogen) atoms. The largest absolute Gasteiger partial charge is 0.311 e. The van der Waals surface area contributed by atoms with E-state index in [2.05, 4.69) is 149 Å². The van der Waals surface area contributed by atoms with Crippen LogP contribution in [0.1, 0.15) is 32.3 Å². The van der Waals surface area contributed by atoms with E-state index in [1.807, 2.05) is 0 Å². The van der Waals surface area contributed by atoms with Gasteiger partial charge in [0.15, 0.2) is 0 Å². The van der Waals surface area contributed by atoms with E-state index in [0.29, 0.717) is 0 Å². The predicted molar refractivity (Wildman–Crippen MR) is 156 cm³/mol. The van der Waals surface area contributed by atoms with Crippen molar-refractivity contribution in [2.75, 3.05) is 4.90 Å². The zero-order chi connectivity index (χ0) is 24.3. The van der Waals surface area contributed by atoms with Crippen LogP contribution in [0.25, 0.3) is 21.9 Å². The molecule has 5 rings (SSSR count). The van der Waals surface area contributed by atoms with E-state index in [4.69, 9.17) is 0 Å². The lowest BCUT2D eigenvalue weighted by molar-refractivity contribution is 0.581. The Morgan fingerprint density at radius 1 is 0.571 bits per heavy atom. The third-order valence-corrected chi connectivity index (χ3v) is 8.28. The summed E-state index contributed by atoms with van der Waals surface area (Å²) in [6.45, 7) is 4.58.